The van der Waals surface area contributed by atoms with Crippen LogP contribution in [0, 0.1) is 6.92 Å². The smallest absolute Gasteiger partial charge is 0.191 e. The highest BCUT2D eigenvalue weighted by molar-refractivity contribution is 5.80. The molecule has 1 aromatic heterocycles. The molecule has 8 nitrogen and oxygen atoms in total. The van der Waals surface area contributed by atoms with Crippen LogP contribution in [0.15, 0.2) is 23.2 Å². The zero-order valence-corrected chi connectivity index (χ0v) is 18.2. The van der Waals surface area contributed by atoms with E-state index in [9.17, 15) is 0 Å². The number of fused-ring (bicyclic) bond motifs is 1. The lowest BCUT2D eigenvalue weighted by Gasteiger charge is -2.29. The van der Waals surface area contributed by atoms with Crippen LogP contribution in [0.3, 0.4) is 0 Å². The third-order valence-electron chi connectivity index (χ3n) is 5.38. The van der Waals surface area contributed by atoms with Crippen LogP contribution in [0.4, 0.5) is 0 Å². The van der Waals surface area contributed by atoms with Crippen LogP contribution in [-0.2, 0) is 12.0 Å². The number of ether oxygens (including phenoxy) is 2. The highest BCUT2D eigenvalue weighted by Gasteiger charge is 2.26. The number of aromatic nitrogens is 3. The summed E-state index contributed by atoms with van der Waals surface area (Å²) in [6.45, 7) is 7.94. The van der Waals surface area contributed by atoms with Gasteiger partial charge in [-0.3, -0.25) is 4.99 Å². The monoisotopic (exact) mass is 400 g/mol. The Hall–Kier alpha value is -2.77. The Balaban J connectivity index is 1.67. The van der Waals surface area contributed by atoms with E-state index in [-0.39, 0.29) is 11.5 Å². The number of rotatable bonds is 6. The number of guanidine groups is 1. The first-order chi connectivity index (χ1) is 13.9. The van der Waals surface area contributed by atoms with Crippen molar-refractivity contribution < 1.29 is 9.47 Å². The number of benzene rings is 1. The van der Waals surface area contributed by atoms with Crippen molar-refractivity contribution in [2.75, 3.05) is 27.8 Å². The van der Waals surface area contributed by atoms with Gasteiger partial charge in [-0.25, -0.2) is 9.67 Å². The topological polar surface area (TPSA) is 85.6 Å². The van der Waals surface area contributed by atoms with Gasteiger partial charge in [-0.15, -0.1) is 0 Å². The number of aryl methyl sites for hydroxylation is 2. The van der Waals surface area contributed by atoms with E-state index in [1.54, 1.807) is 21.3 Å². The summed E-state index contributed by atoms with van der Waals surface area (Å²) in [7, 11) is 5.09. The van der Waals surface area contributed by atoms with Crippen LogP contribution in [-0.4, -0.2) is 48.5 Å². The molecular weight excluding hydrogens is 368 g/mol. The minimum absolute atomic E-state index is 0.111. The Morgan fingerprint density at radius 2 is 2.03 bits per heavy atom. The van der Waals surface area contributed by atoms with E-state index in [4.69, 9.17) is 9.47 Å². The fourth-order valence-electron chi connectivity index (χ4n) is 3.63. The fraction of sp³-hybridized carbons (Fsp3) is 0.571. The van der Waals surface area contributed by atoms with Crippen molar-refractivity contribution in [1.29, 1.82) is 0 Å². The predicted molar refractivity (Wildman–Crippen MR) is 114 cm³/mol. The van der Waals surface area contributed by atoms with Gasteiger partial charge in [0.2, 0.25) is 0 Å². The lowest BCUT2D eigenvalue weighted by atomic mass is 9.84. The number of hydrogen-bond acceptors (Lipinski definition) is 5. The maximum absolute atomic E-state index is 5.46. The molecule has 0 spiro atoms. The highest BCUT2D eigenvalue weighted by atomic mass is 16.5. The van der Waals surface area contributed by atoms with E-state index in [1.165, 1.54) is 0 Å². The van der Waals surface area contributed by atoms with Gasteiger partial charge in [-0.1, -0.05) is 19.9 Å². The molecule has 2 heterocycles. The molecule has 3 rings (SSSR count). The van der Waals surface area contributed by atoms with Gasteiger partial charge >= 0.3 is 0 Å². The maximum atomic E-state index is 5.46. The Morgan fingerprint density at radius 3 is 2.72 bits per heavy atom. The molecule has 0 fully saturated rings. The Kier molecular flexibility index (Phi) is 6.30. The van der Waals surface area contributed by atoms with Crippen molar-refractivity contribution in [3.05, 3.63) is 35.4 Å². The predicted octanol–water partition coefficient (Wildman–Crippen LogP) is 2.58. The van der Waals surface area contributed by atoms with Crippen molar-refractivity contribution in [3.8, 4) is 11.5 Å². The molecule has 1 atom stereocenters. The number of nitrogens with zero attached hydrogens (tertiary/aromatic N) is 4. The lowest BCUT2D eigenvalue weighted by Crippen LogP contribution is -2.45. The van der Waals surface area contributed by atoms with Gasteiger partial charge < -0.3 is 20.1 Å². The van der Waals surface area contributed by atoms with Gasteiger partial charge in [0.15, 0.2) is 17.5 Å². The fourth-order valence-corrected chi connectivity index (χ4v) is 3.63. The summed E-state index contributed by atoms with van der Waals surface area (Å²) in [5.41, 5.74) is 1.02. The summed E-state index contributed by atoms with van der Waals surface area (Å²) >= 11 is 0. The van der Waals surface area contributed by atoms with Crippen LogP contribution in [0.25, 0.3) is 0 Å². The molecule has 0 radical (unpaired) electrons. The number of hydrogen-bond donors (Lipinski definition) is 2. The zero-order valence-electron chi connectivity index (χ0n) is 18.2. The summed E-state index contributed by atoms with van der Waals surface area (Å²) in [5, 5.41) is 11.5. The number of methoxy groups -OCH3 is 2. The highest BCUT2D eigenvalue weighted by Crippen LogP contribution is 2.33. The maximum Gasteiger partial charge on any atom is 0.191 e. The van der Waals surface area contributed by atoms with Crippen LogP contribution in [0.5, 0.6) is 11.5 Å². The van der Waals surface area contributed by atoms with Crippen molar-refractivity contribution in [2.24, 2.45) is 4.99 Å². The van der Waals surface area contributed by atoms with Crippen molar-refractivity contribution in [3.63, 3.8) is 0 Å². The standard InChI is InChI=1S/C21H32N6O2/c1-14-24-19-16(8-7-11-27(19)26-14)25-20(22-4)23-13-21(2,3)15-9-10-17(28-5)18(12-15)29-6/h9-10,12,16H,7-8,11,13H2,1-6H3,(H2,22,23,25). The second-order valence-electron chi connectivity index (χ2n) is 7.96. The van der Waals surface area contributed by atoms with E-state index < -0.39 is 0 Å². The molecule has 0 saturated carbocycles. The van der Waals surface area contributed by atoms with Gasteiger partial charge in [0.1, 0.15) is 11.6 Å². The molecule has 1 aliphatic rings. The molecule has 1 aromatic carbocycles. The zero-order chi connectivity index (χ0) is 21.0. The van der Waals surface area contributed by atoms with Crippen LogP contribution < -0.4 is 20.1 Å². The number of aliphatic imine (C=N–C) groups is 1. The number of nitrogens with one attached hydrogen (secondary N) is 2. The summed E-state index contributed by atoms with van der Waals surface area (Å²) in [6, 6.07) is 6.16. The molecule has 0 bridgehead atoms. The largest absolute Gasteiger partial charge is 0.493 e. The molecule has 2 N–H and O–H groups in total. The first-order valence-corrected chi connectivity index (χ1v) is 9.99. The first-order valence-electron chi connectivity index (χ1n) is 9.99. The van der Waals surface area contributed by atoms with Crippen molar-refractivity contribution in [2.45, 2.75) is 51.6 Å². The minimum atomic E-state index is -0.139. The van der Waals surface area contributed by atoms with Crippen LogP contribution in [0.1, 0.15) is 49.9 Å². The van der Waals surface area contributed by atoms with Crippen molar-refractivity contribution >= 4 is 5.96 Å². The van der Waals surface area contributed by atoms with E-state index >= 15 is 0 Å². The summed E-state index contributed by atoms with van der Waals surface area (Å²) in [5.74, 6) is 4.02. The Bertz CT molecular complexity index is 874. The van der Waals surface area contributed by atoms with E-state index in [1.807, 2.05) is 23.7 Å². The van der Waals surface area contributed by atoms with Crippen LogP contribution >= 0.6 is 0 Å². The first kappa shape index (κ1) is 21.0. The third kappa shape index (κ3) is 4.63. The Morgan fingerprint density at radius 1 is 1.28 bits per heavy atom. The molecule has 0 saturated heterocycles. The second-order valence-corrected chi connectivity index (χ2v) is 7.96. The SMILES string of the molecule is CN=C(NCC(C)(C)c1ccc(OC)c(OC)c1)NC1CCCn2nc(C)nc21. The third-order valence-corrected chi connectivity index (χ3v) is 5.38. The quantitative estimate of drug-likeness (QED) is 0.573. The van der Waals surface area contributed by atoms with E-state index in [0.717, 1.165) is 54.1 Å². The van der Waals surface area contributed by atoms with Crippen molar-refractivity contribution in [1.82, 2.24) is 25.4 Å². The normalized spacial score (nSPS) is 16.9. The summed E-state index contributed by atoms with van der Waals surface area (Å²) in [4.78, 5) is 9.00. The average molecular weight is 401 g/mol. The minimum Gasteiger partial charge on any atom is -0.493 e. The van der Waals surface area contributed by atoms with Gasteiger partial charge in [0.05, 0.1) is 20.3 Å². The molecule has 29 heavy (non-hydrogen) atoms. The average Bonchev–Trinajstić information content (AvgIpc) is 3.11. The van der Waals surface area contributed by atoms with Gasteiger partial charge in [0, 0.05) is 25.6 Å². The summed E-state index contributed by atoms with van der Waals surface area (Å²) < 4.78 is 12.8. The van der Waals surface area contributed by atoms with Gasteiger partial charge in [-0.05, 0) is 37.5 Å². The van der Waals surface area contributed by atoms with Gasteiger partial charge in [-0.2, -0.15) is 5.10 Å². The Labute approximate surface area is 172 Å². The molecule has 0 aliphatic carbocycles. The molecule has 1 unspecified atom stereocenters. The van der Waals surface area contributed by atoms with E-state index in [2.05, 4.69) is 45.6 Å². The molecule has 8 heteroatoms. The molecule has 0 amide bonds. The molecule has 158 valence electrons. The second kappa shape index (κ2) is 8.71. The van der Waals surface area contributed by atoms with E-state index in [0.29, 0.717) is 6.54 Å². The van der Waals surface area contributed by atoms with Crippen LogP contribution in [0.2, 0.25) is 0 Å². The summed E-state index contributed by atoms with van der Waals surface area (Å²) in [6.07, 6.45) is 2.08. The lowest BCUT2D eigenvalue weighted by molar-refractivity contribution is 0.353. The van der Waals surface area contributed by atoms with Gasteiger partial charge in [0.25, 0.3) is 0 Å². The molecular formula is C21H32N6O2. The molecule has 1 aliphatic heterocycles. The molecule has 2 aromatic rings.